The van der Waals surface area contributed by atoms with Crippen LogP contribution < -0.4 is 5.32 Å². The molecule has 1 atom stereocenters. The number of fused-ring (bicyclic) bond motifs is 1. The fourth-order valence-electron chi connectivity index (χ4n) is 1.25. The second-order valence-corrected chi connectivity index (χ2v) is 2.78. The molecule has 0 spiro atoms. The zero-order valence-electron chi connectivity index (χ0n) is 6.46. The van der Waals surface area contributed by atoms with Crippen molar-refractivity contribution in [1.82, 2.24) is 9.78 Å². The normalized spacial score (nSPS) is 21.6. The van der Waals surface area contributed by atoms with Crippen molar-refractivity contribution >= 4 is 11.7 Å². The van der Waals surface area contributed by atoms with Gasteiger partial charge in [-0.2, -0.15) is 5.10 Å². The van der Waals surface area contributed by atoms with E-state index in [2.05, 4.69) is 10.4 Å². The molecule has 0 bridgehead atoms. The molecular formula is C7H9N3O. The summed E-state index contributed by atoms with van der Waals surface area (Å²) < 4.78 is 1.71. The zero-order valence-corrected chi connectivity index (χ0v) is 6.46. The van der Waals surface area contributed by atoms with Gasteiger partial charge in [0.25, 0.3) is 0 Å². The Bertz CT molecular complexity index is 315. The van der Waals surface area contributed by atoms with Crippen LogP contribution in [0.15, 0.2) is 6.07 Å². The van der Waals surface area contributed by atoms with Gasteiger partial charge in [0.15, 0.2) is 0 Å². The number of amides is 1. The van der Waals surface area contributed by atoms with Gasteiger partial charge in [-0.05, 0) is 13.8 Å². The highest BCUT2D eigenvalue weighted by atomic mass is 16.2. The predicted octanol–water partition coefficient (Wildman–Crippen LogP) is 0.705. The first-order chi connectivity index (χ1) is 5.18. The molecule has 1 aliphatic heterocycles. The molecule has 1 unspecified atom stereocenters. The van der Waals surface area contributed by atoms with Crippen LogP contribution in [0, 0.1) is 6.92 Å². The molecule has 0 saturated carbocycles. The number of aryl methyl sites for hydroxylation is 1. The second kappa shape index (κ2) is 1.84. The van der Waals surface area contributed by atoms with Crippen molar-refractivity contribution in [2.24, 2.45) is 0 Å². The number of carbonyl (C=O) groups excluding carboxylic acids is 1. The molecule has 2 rings (SSSR count). The molecule has 0 aliphatic carbocycles. The Balaban J connectivity index is 2.51. The van der Waals surface area contributed by atoms with Gasteiger partial charge in [-0.3, -0.25) is 4.79 Å². The highest BCUT2D eigenvalue weighted by Gasteiger charge is 2.26. The third-order valence-corrected chi connectivity index (χ3v) is 1.86. The van der Waals surface area contributed by atoms with Crippen LogP contribution in [0.2, 0.25) is 0 Å². The molecular weight excluding hydrogens is 142 g/mol. The van der Waals surface area contributed by atoms with Crippen LogP contribution in [0.3, 0.4) is 0 Å². The lowest BCUT2D eigenvalue weighted by Crippen LogP contribution is -2.12. The number of carbonyl (C=O) groups is 1. The minimum Gasteiger partial charge on any atom is -0.309 e. The molecule has 1 aromatic rings. The average molecular weight is 151 g/mol. The standard InChI is InChI=1S/C7H9N3O/c1-4-3-6-8-7(11)5(2)10(6)9-4/h3,5H,1-2H3,(H,8,11). The summed E-state index contributed by atoms with van der Waals surface area (Å²) in [6.07, 6.45) is 0. The molecule has 0 radical (unpaired) electrons. The number of hydrogen-bond acceptors (Lipinski definition) is 2. The molecule has 58 valence electrons. The van der Waals surface area contributed by atoms with Crippen LogP contribution in [0.4, 0.5) is 5.82 Å². The van der Waals surface area contributed by atoms with Gasteiger partial charge in [-0.15, -0.1) is 0 Å². The monoisotopic (exact) mass is 151 g/mol. The number of nitrogens with one attached hydrogen (secondary N) is 1. The predicted molar refractivity (Wildman–Crippen MR) is 40.3 cm³/mol. The molecule has 1 aliphatic rings. The van der Waals surface area contributed by atoms with Crippen LogP contribution in [0.5, 0.6) is 0 Å². The van der Waals surface area contributed by atoms with Crippen molar-refractivity contribution in [3.63, 3.8) is 0 Å². The Kier molecular flexibility index (Phi) is 1.07. The Morgan fingerprint density at radius 3 is 3.09 bits per heavy atom. The highest BCUT2D eigenvalue weighted by molar-refractivity contribution is 5.96. The Morgan fingerprint density at radius 1 is 1.73 bits per heavy atom. The Morgan fingerprint density at radius 2 is 2.45 bits per heavy atom. The van der Waals surface area contributed by atoms with Gasteiger partial charge in [0, 0.05) is 6.07 Å². The van der Waals surface area contributed by atoms with Gasteiger partial charge in [-0.25, -0.2) is 4.68 Å². The summed E-state index contributed by atoms with van der Waals surface area (Å²) in [5, 5.41) is 6.89. The Labute approximate surface area is 64.2 Å². The van der Waals surface area contributed by atoms with Crippen molar-refractivity contribution in [1.29, 1.82) is 0 Å². The van der Waals surface area contributed by atoms with Crippen LogP contribution >= 0.6 is 0 Å². The van der Waals surface area contributed by atoms with Crippen LogP contribution in [-0.4, -0.2) is 15.7 Å². The summed E-state index contributed by atoms with van der Waals surface area (Å²) in [5.41, 5.74) is 0.937. The maximum absolute atomic E-state index is 11.0. The number of aromatic nitrogens is 2. The Hall–Kier alpha value is -1.32. The summed E-state index contributed by atoms with van der Waals surface area (Å²) in [5.74, 6) is 0.826. The van der Waals surface area contributed by atoms with Crippen molar-refractivity contribution < 1.29 is 4.79 Å². The van der Waals surface area contributed by atoms with E-state index in [1.165, 1.54) is 0 Å². The molecule has 2 heterocycles. The van der Waals surface area contributed by atoms with Gasteiger partial charge in [0.05, 0.1) is 5.69 Å². The van der Waals surface area contributed by atoms with Crippen LogP contribution in [0.25, 0.3) is 0 Å². The molecule has 0 saturated heterocycles. The first-order valence-electron chi connectivity index (χ1n) is 3.55. The van der Waals surface area contributed by atoms with E-state index in [-0.39, 0.29) is 11.9 Å². The molecule has 11 heavy (non-hydrogen) atoms. The number of anilines is 1. The largest absolute Gasteiger partial charge is 0.309 e. The minimum absolute atomic E-state index is 0.0208. The second-order valence-electron chi connectivity index (χ2n) is 2.78. The van der Waals surface area contributed by atoms with E-state index >= 15 is 0 Å². The van der Waals surface area contributed by atoms with E-state index in [0.29, 0.717) is 0 Å². The van der Waals surface area contributed by atoms with Crippen molar-refractivity contribution in [3.05, 3.63) is 11.8 Å². The van der Waals surface area contributed by atoms with Crippen molar-refractivity contribution in [2.45, 2.75) is 19.9 Å². The number of hydrogen-bond donors (Lipinski definition) is 1. The van der Waals surface area contributed by atoms with Gasteiger partial charge in [0.2, 0.25) is 5.91 Å². The molecule has 4 heteroatoms. The van der Waals surface area contributed by atoms with E-state index < -0.39 is 0 Å². The maximum atomic E-state index is 11.0. The van der Waals surface area contributed by atoms with E-state index in [1.54, 1.807) is 4.68 Å². The van der Waals surface area contributed by atoms with E-state index in [4.69, 9.17) is 0 Å². The first-order valence-corrected chi connectivity index (χ1v) is 3.55. The average Bonchev–Trinajstić information content (AvgIpc) is 2.37. The summed E-state index contributed by atoms with van der Waals surface area (Å²) in [6.45, 7) is 3.74. The lowest BCUT2D eigenvalue weighted by Gasteiger charge is -1.98. The topological polar surface area (TPSA) is 46.9 Å². The summed E-state index contributed by atoms with van der Waals surface area (Å²) in [7, 11) is 0. The quantitative estimate of drug-likeness (QED) is 0.593. The third-order valence-electron chi connectivity index (χ3n) is 1.86. The van der Waals surface area contributed by atoms with Crippen molar-refractivity contribution in [3.8, 4) is 0 Å². The van der Waals surface area contributed by atoms with Crippen LogP contribution in [0.1, 0.15) is 18.7 Å². The van der Waals surface area contributed by atoms with Gasteiger partial charge >= 0.3 is 0 Å². The molecule has 4 nitrogen and oxygen atoms in total. The van der Waals surface area contributed by atoms with E-state index in [0.717, 1.165) is 11.5 Å². The lowest BCUT2D eigenvalue weighted by molar-refractivity contribution is -0.117. The fraction of sp³-hybridized carbons (Fsp3) is 0.429. The minimum atomic E-state index is -0.154. The molecule has 1 aromatic heterocycles. The zero-order chi connectivity index (χ0) is 8.01. The van der Waals surface area contributed by atoms with Crippen molar-refractivity contribution in [2.75, 3.05) is 5.32 Å². The summed E-state index contributed by atoms with van der Waals surface area (Å²) in [4.78, 5) is 11.0. The third kappa shape index (κ3) is 0.753. The van der Waals surface area contributed by atoms with Gasteiger partial charge < -0.3 is 5.32 Å². The molecule has 0 aromatic carbocycles. The van der Waals surface area contributed by atoms with Crippen LogP contribution in [-0.2, 0) is 4.79 Å². The molecule has 0 fully saturated rings. The SMILES string of the molecule is Cc1cc2n(n1)C(C)C(=O)N2. The fourth-order valence-corrected chi connectivity index (χ4v) is 1.25. The summed E-state index contributed by atoms with van der Waals surface area (Å²) >= 11 is 0. The van der Waals surface area contributed by atoms with E-state index in [1.807, 2.05) is 19.9 Å². The van der Waals surface area contributed by atoms with Gasteiger partial charge in [-0.1, -0.05) is 0 Å². The maximum Gasteiger partial charge on any atom is 0.250 e. The molecule has 1 amide bonds. The van der Waals surface area contributed by atoms with E-state index in [9.17, 15) is 4.79 Å². The van der Waals surface area contributed by atoms with Gasteiger partial charge in [0.1, 0.15) is 11.9 Å². The lowest BCUT2D eigenvalue weighted by atomic mass is 10.3. The molecule has 1 N–H and O–H groups in total. The highest BCUT2D eigenvalue weighted by Crippen LogP contribution is 2.23. The first kappa shape index (κ1) is 6.39. The number of rotatable bonds is 0. The number of nitrogens with zero attached hydrogens (tertiary/aromatic N) is 2. The summed E-state index contributed by atoms with van der Waals surface area (Å²) in [6, 6.07) is 1.71. The smallest absolute Gasteiger partial charge is 0.250 e.